The van der Waals surface area contributed by atoms with Crippen LogP contribution >= 0.6 is 0 Å². The lowest BCUT2D eigenvalue weighted by atomic mass is 9.56. The van der Waals surface area contributed by atoms with Crippen molar-refractivity contribution < 1.29 is 27.9 Å². The first-order valence-electron chi connectivity index (χ1n) is 16.8. The standard InChI is InChI=1S/C35H64O6Si2/c1-15-20-21-30(39-32(37)38-16-2)35(12)24-28(41-43(17-3,18-4)19-5)31-25(6)27(40-42(13,14)33(7,8)9)22-26(23-29(35)36)34(31,10)11/h15,26-28,30H,1,16-24H2,2-14H3/t26-,27-,28+,30-,35-/m0/s1. The zero-order valence-electron chi connectivity index (χ0n) is 29.9. The van der Waals surface area contributed by atoms with Gasteiger partial charge in [-0.2, -0.15) is 0 Å². The topological polar surface area (TPSA) is 71.1 Å². The van der Waals surface area contributed by atoms with Crippen LogP contribution in [-0.4, -0.2) is 53.5 Å². The highest BCUT2D eigenvalue weighted by Gasteiger charge is 2.55. The molecule has 0 saturated heterocycles. The number of hydrogen-bond acceptors (Lipinski definition) is 6. The van der Waals surface area contributed by atoms with Crippen molar-refractivity contribution in [2.75, 3.05) is 6.61 Å². The molecule has 0 amide bonds. The van der Waals surface area contributed by atoms with Crippen LogP contribution in [0.3, 0.4) is 0 Å². The number of Topliss-reactive ketones (excluding diaryl/α,β-unsaturated/α-hetero) is 1. The molecule has 2 aliphatic rings. The highest BCUT2D eigenvalue weighted by Crippen LogP contribution is 2.55. The van der Waals surface area contributed by atoms with Gasteiger partial charge in [0.25, 0.3) is 0 Å². The molecule has 5 atom stereocenters. The van der Waals surface area contributed by atoms with Gasteiger partial charge in [-0.3, -0.25) is 4.79 Å². The molecule has 2 aliphatic carbocycles. The maximum absolute atomic E-state index is 14.6. The molecule has 2 bridgehead atoms. The SMILES string of the molecule is C=CCC[C@H](OC(=O)OCC)[C@@]1(C)C[C@@H](O[Si](CC)(CC)CC)C2=C(C)[C@@H](O[Si](C)(C)C(C)(C)C)C[C@@H](CC1=O)C2(C)C. The first-order chi connectivity index (χ1) is 19.8. The van der Waals surface area contributed by atoms with Gasteiger partial charge in [0, 0.05) is 6.42 Å². The number of carbonyl (C=O) groups excluding carboxylic acids is 2. The van der Waals surface area contributed by atoms with E-state index in [1.165, 1.54) is 11.1 Å². The first-order valence-corrected chi connectivity index (χ1v) is 22.3. The molecule has 43 heavy (non-hydrogen) atoms. The molecule has 8 heteroatoms. The molecule has 0 aromatic rings. The Balaban J connectivity index is 2.82. The van der Waals surface area contributed by atoms with Crippen LogP contribution in [0, 0.1) is 16.7 Å². The fourth-order valence-corrected chi connectivity index (χ4v) is 11.3. The summed E-state index contributed by atoms with van der Waals surface area (Å²) in [5.74, 6) is 0.224. The summed E-state index contributed by atoms with van der Waals surface area (Å²) in [6, 6.07) is 3.04. The summed E-state index contributed by atoms with van der Waals surface area (Å²) >= 11 is 0. The summed E-state index contributed by atoms with van der Waals surface area (Å²) in [4.78, 5) is 27.3. The van der Waals surface area contributed by atoms with Crippen LogP contribution in [0.2, 0.25) is 36.3 Å². The summed E-state index contributed by atoms with van der Waals surface area (Å²) in [5, 5.41) is 0.0782. The lowest BCUT2D eigenvalue weighted by Gasteiger charge is -2.54. The summed E-state index contributed by atoms with van der Waals surface area (Å²) in [6.07, 6.45) is 3.01. The van der Waals surface area contributed by atoms with Crippen LogP contribution in [-0.2, 0) is 23.1 Å². The summed E-state index contributed by atoms with van der Waals surface area (Å²) in [5.41, 5.74) is 1.42. The van der Waals surface area contributed by atoms with E-state index in [9.17, 15) is 9.59 Å². The summed E-state index contributed by atoms with van der Waals surface area (Å²) in [6.45, 7) is 33.0. The Morgan fingerprint density at radius 1 is 1.05 bits per heavy atom. The maximum atomic E-state index is 14.6. The van der Waals surface area contributed by atoms with Gasteiger partial charge in [0.1, 0.15) is 11.9 Å². The Bertz CT molecular complexity index is 1010. The second kappa shape index (κ2) is 14.5. The Hall–Kier alpha value is -1.23. The smallest absolute Gasteiger partial charge is 0.435 e. The van der Waals surface area contributed by atoms with E-state index in [4.69, 9.17) is 18.3 Å². The molecule has 0 aromatic carbocycles. The largest absolute Gasteiger partial charge is 0.508 e. The third kappa shape index (κ3) is 8.14. The Kier molecular flexibility index (Phi) is 12.8. The number of carbonyl (C=O) groups is 2. The van der Waals surface area contributed by atoms with Crippen molar-refractivity contribution in [3.63, 3.8) is 0 Å². The molecular weight excluding hydrogens is 573 g/mol. The number of hydrogen-bond donors (Lipinski definition) is 0. The maximum Gasteiger partial charge on any atom is 0.508 e. The molecule has 1 fully saturated rings. The third-order valence-corrected chi connectivity index (χ3v) is 20.7. The van der Waals surface area contributed by atoms with Gasteiger partial charge in [0.05, 0.1) is 24.2 Å². The molecule has 0 unspecified atom stereocenters. The average molecular weight is 637 g/mol. The quantitative estimate of drug-likeness (QED) is 0.114. The molecular formula is C35H64O6Si2. The molecule has 0 spiro atoms. The van der Waals surface area contributed by atoms with Crippen LogP contribution in [0.1, 0.15) is 108 Å². The van der Waals surface area contributed by atoms with E-state index in [0.717, 1.165) is 24.6 Å². The molecule has 0 heterocycles. The van der Waals surface area contributed by atoms with Crippen LogP contribution in [0.5, 0.6) is 0 Å². The average Bonchev–Trinajstić information content (AvgIpc) is 2.91. The van der Waals surface area contributed by atoms with E-state index in [2.05, 4.69) is 82.0 Å². The first kappa shape index (κ1) is 38.0. The zero-order valence-corrected chi connectivity index (χ0v) is 31.9. The van der Waals surface area contributed by atoms with Crippen molar-refractivity contribution in [1.29, 1.82) is 0 Å². The minimum Gasteiger partial charge on any atom is -0.435 e. The Morgan fingerprint density at radius 3 is 2.12 bits per heavy atom. The van der Waals surface area contributed by atoms with Crippen molar-refractivity contribution in [3.05, 3.63) is 23.8 Å². The normalized spacial score (nSPS) is 27.3. The van der Waals surface area contributed by atoms with Crippen LogP contribution < -0.4 is 0 Å². The minimum atomic E-state index is -2.11. The monoisotopic (exact) mass is 636 g/mol. The molecule has 2 rings (SSSR count). The van der Waals surface area contributed by atoms with Crippen LogP contribution in [0.4, 0.5) is 4.79 Å². The summed E-state index contributed by atoms with van der Waals surface area (Å²) in [7, 11) is -4.19. The Morgan fingerprint density at radius 2 is 1.63 bits per heavy atom. The van der Waals surface area contributed by atoms with Crippen molar-refractivity contribution in [1.82, 2.24) is 0 Å². The second-order valence-electron chi connectivity index (χ2n) is 15.4. The number of ketones is 1. The highest BCUT2D eigenvalue weighted by atomic mass is 28.4. The van der Waals surface area contributed by atoms with E-state index in [1.54, 1.807) is 6.92 Å². The van der Waals surface area contributed by atoms with Crippen molar-refractivity contribution in [2.45, 2.75) is 163 Å². The van der Waals surface area contributed by atoms with Crippen molar-refractivity contribution in [3.8, 4) is 0 Å². The van der Waals surface area contributed by atoms with Crippen molar-refractivity contribution >= 4 is 28.6 Å². The minimum absolute atomic E-state index is 0.0366. The van der Waals surface area contributed by atoms with Gasteiger partial charge in [-0.15, -0.1) is 6.58 Å². The van der Waals surface area contributed by atoms with E-state index in [0.29, 0.717) is 25.7 Å². The number of rotatable bonds is 13. The second-order valence-corrected chi connectivity index (χ2v) is 24.9. The molecule has 0 N–H and O–H groups in total. The molecule has 0 aromatic heterocycles. The number of fused-ring (bicyclic) bond motifs is 2. The van der Waals surface area contributed by atoms with Crippen LogP contribution in [0.25, 0.3) is 0 Å². The van der Waals surface area contributed by atoms with Gasteiger partial charge in [-0.05, 0) is 105 Å². The molecule has 6 nitrogen and oxygen atoms in total. The molecule has 1 saturated carbocycles. The van der Waals surface area contributed by atoms with Gasteiger partial charge < -0.3 is 18.3 Å². The number of ether oxygens (including phenoxy) is 2. The van der Waals surface area contributed by atoms with E-state index in [1.807, 2.05) is 13.0 Å². The fraction of sp³-hybridized carbons (Fsp3) is 0.829. The van der Waals surface area contributed by atoms with Crippen LogP contribution in [0.15, 0.2) is 23.8 Å². The van der Waals surface area contributed by atoms with Gasteiger partial charge >= 0.3 is 6.16 Å². The molecule has 0 radical (unpaired) electrons. The van der Waals surface area contributed by atoms with E-state index in [-0.39, 0.29) is 41.0 Å². The fourth-order valence-electron chi connectivity index (χ4n) is 7.12. The predicted molar refractivity (Wildman–Crippen MR) is 182 cm³/mol. The predicted octanol–water partition coefficient (Wildman–Crippen LogP) is 10.0. The van der Waals surface area contributed by atoms with Gasteiger partial charge in [-0.1, -0.05) is 61.5 Å². The highest BCUT2D eigenvalue weighted by molar-refractivity contribution is 6.74. The molecule has 248 valence electrons. The van der Waals surface area contributed by atoms with Gasteiger partial charge in [-0.25, -0.2) is 4.79 Å². The van der Waals surface area contributed by atoms with Gasteiger partial charge in [0.2, 0.25) is 0 Å². The van der Waals surface area contributed by atoms with E-state index < -0.39 is 34.3 Å². The number of allylic oxidation sites excluding steroid dienone is 1. The summed E-state index contributed by atoms with van der Waals surface area (Å²) < 4.78 is 25.8. The molecule has 0 aliphatic heterocycles. The third-order valence-electron chi connectivity index (χ3n) is 11.5. The van der Waals surface area contributed by atoms with Gasteiger partial charge in [0.15, 0.2) is 16.6 Å². The van der Waals surface area contributed by atoms with E-state index >= 15 is 0 Å². The van der Waals surface area contributed by atoms with Crippen molar-refractivity contribution in [2.24, 2.45) is 16.7 Å². The lowest BCUT2D eigenvalue weighted by molar-refractivity contribution is -0.143. The lowest BCUT2D eigenvalue weighted by Crippen LogP contribution is -2.55. The zero-order chi connectivity index (χ0) is 33.0. The Labute approximate surface area is 266 Å².